The number of carboxylic acids is 1. The fourth-order valence-corrected chi connectivity index (χ4v) is 3.29. The SMILES string of the molecule is CC(C(=O)O)N1CCCCC(N2C(=O)c3ccccc3C2=O)C1=O. The normalized spacial score (nSPS) is 22.4. The molecule has 24 heavy (non-hydrogen) atoms. The molecule has 2 aliphatic heterocycles. The molecule has 1 fully saturated rings. The predicted octanol–water partition coefficient (Wildman–Crippen LogP) is 1.14. The molecule has 0 aliphatic carbocycles. The number of nitrogens with zero attached hydrogens (tertiary/aromatic N) is 2. The summed E-state index contributed by atoms with van der Waals surface area (Å²) < 4.78 is 0. The highest BCUT2D eigenvalue weighted by Gasteiger charge is 2.45. The molecule has 0 aromatic heterocycles. The number of carbonyl (C=O) groups is 4. The van der Waals surface area contributed by atoms with Crippen LogP contribution in [-0.2, 0) is 9.59 Å². The van der Waals surface area contributed by atoms with Crippen molar-refractivity contribution in [2.45, 2.75) is 38.3 Å². The van der Waals surface area contributed by atoms with E-state index in [1.807, 2.05) is 0 Å². The third kappa shape index (κ3) is 2.46. The lowest BCUT2D eigenvalue weighted by molar-refractivity contribution is -0.150. The minimum atomic E-state index is -1.11. The highest BCUT2D eigenvalue weighted by atomic mass is 16.4. The summed E-state index contributed by atoms with van der Waals surface area (Å²) in [5, 5.41) is 9.20. The Bertz CT molecular complexity index is 694. The van der Waals surface area contributed by atoms with E-state index >= 15 is 0 Å². The molecule has 0 spiro atoms. The second-order valence-electron chi connectivity index (χ2n) is 6.08. The van der Waals surface area contributed by atoms with E-state index in [2.05, 4.69) is 0 Å². The number of carbonyl (C=O) groups excluding carboxylic acids is 3. The fraction of sp³-hybridized carbons (Fsp3) is 0.412. The number of hydrogen-bond acceptors (Lipinski definition) is 4. The van der Waals surface area contributed by atoms with Gasteiger partial charge in [-0.3, -0.25) is 19.3 Å². The monoisotopic (exact) mass is 330 g/mol. The molecular formula is C17H18N2O5. The summed E-state index contributed by atoms with van der Waals surface area (Å²) in [4.78, 5) is 51.5. The van der Waals surface area contributed by atoms with E-state index in [0.717, 1.165) is 4.90 Å². The highest BCUT2D eigenvalue weighted by Crippen LogP contribution is 2.28. The van der Waals surface area contributed by atoms with E-state index in [-0.39, 0.29) is 11.1 Å². The molecular weight excluding hydrogens is 312 g/mol. The molecule has 3 rings (SSSR count). The Morgan fingerprint density at radius 3 is 2.25 bits per heavy atom. The number of aliphatic carboxylic acids is 1. The van der Waals surface area contributed by atoms with Crippen LogP contribution in [0.5, 0.6) is 0 Å². The lowest BCUT2D eigenvalue weighted by Crippen LogP contribution is -2.53. The third-order valence-corrected chi connectivity index (χ3v) is 4.66. The smallest absolute Gasteiger partial charge is 0.326 e. The molecule has 2 aliphatic rings. The molecule has 7 nitrogen and oxygen atoms in total. The maximum atomic E-state index is 12.8. The zero-order valence-corrected chi connectivity index (χ0v) is 13.3. The second-order valence-corrected chi connectivity index (χ2v) is 6.08. The maximum absolute atomic E-state index is 12.8. The average molecular weight is 330 g/mol. The van der Waals surface area contributed by atoms with E-state index in [4.69, 9.17) is 0 Å². The summed E-state index contributed by atoms with van der Waals surface area (Å²) in [5.41, 5.74) is 0.578. The van der Waals surface area contributed by atoms with Crippen molar-refractivity contribution in [3.05, 3.63) is 35.4 Å². The molecule has 0 bridgehead atoms. The van der Waals surface area contributed by atoms with Crippen LogP contribution in [-0.4, -0.2) is 57.2 Å². The van der Waals surface area contributed by atoms with E-state index in [1.54, 1.807) is 24.3 Å². The quantitative estimate of drug-likeness (QED) is 0.839. The highest BCUT2D eigenvalue weighted by molar-refractivity contribution is 6.22. The molecule has 3 amide bonds. The molecule has 1 aromatic rings. The second kappa shape index (κ2) is 6.07. The van der Waals surface area contributed by atoms with Crippen molar-refractivity contribution in [2.75, 3.05) is 6.54 Å². The molecule has 0 saturated carbocycles. The van der Waals surface area contributed by atoms with Crippen molar-refractivity contribution in [3.8, 4) is 0 Å². The van der Waals surface area contributed by atoms with Gasteiger partial charge in [-0.25, -0.2) is 4.79 Å². The van der Waals surface area contributed by atoms with Crippen molar-refractivity contribution < 1.29 is 24.3 Å². The number of imide groups is 1. The Morgan fingerprint density at radius 1 is 1.12 bits per heavy atom. The van der Waals surface area contributed by atoms with Gasteiger partial charge in [0.05, 0.1) is 11.1 Å². The van der Waals surface area contributed by atoms with Gasteiger partial charge in [0.25, 0.3) is 11.8 Å². The summed E-state index contributed by atoms with van der Waals surface area (Å²) >= 11 is 0. The molecule has 2 unspecified atom stereocenters. The van der Waals surface area contributed by atoms with Crippen molar-refractivity contribution in [3.63, 3.8) is 0 Å². The van der Waals surface area contributed by atoms with E-state index in [1.165, 1.54) is 11.8 Å². The van der Waals surface area contributed by atoms with Gasteiger partial charge in [-0.2, -0.15) is 0 Å². The summed E-state index contributed by atoms with van der Waals surface area (Å²) in [6.45, 7) is 1.75. The van der Waals surface area contributed by atoms with Crippen LogP contribution in [0.1, 0.15) is 46.9 Å². The Hall–Kier alpha value is -2.70. The molecule has 1 N–H and O–H groups in total. The number of rotatable bonds is 3. The molecule has 2 heterocycles. The van der Waals surface area contributed by atoms with Crippen LogP contribution in [0.25, 0.3) is 0 Å². The lowest BCUT2D eigenvalue weighted by atomic mass is 10.1. The molecule has 0 radical (unpaired) electrons. The first-order valence-electron chi connectivity index (χ1n) is 7.93. The Labute approximate surface area is 138 Å². The van der Waals surface area contributed by atoms with Crippen molar-refractivity contribution in [1.29, 1.82) is 0 Å². The molecule has 1 aromatic carbocycles. The van der Waals surface area contributed by atoms with E-state index in [0.29, 0.717) is 25.8 Å². The topological polar surface area (TPSA) is 95.0 Å². The zero-order chi connectivity index (χ0) is 17.4. The molecule has 2 atom stereocenters. The zero-order valence-electron chi connectivity index (χ0n) is 13.3. The number of benzene rings is 1. The number of hydrogen-bond donors (Lipinski definition) is 1. The van der Waals surface area contributed by atoms with Crippen LogP contribution >= 0.6 is 0 Å². The van der Waals surface area contributed by atoms with Crippen LogP contribution in [0.15, 0.2) is 24.3 Å². The van der Waals surface area contributed by atoms with Crippen LogP contribution < -0.4 is 0 Å². The average Bonchev–Trinajstić information content (AvgIpc) is 2.71. The van der Waals surface area contributed by atoms with Gasteiger partial charge in [0.2, 0.25) is 5.91 Å². The molecule has 126 valence electrons. The summed E-state index contributed by atoms with van der Waals surface area (Å²) in [5.74, 6) is -2.55. The minimum Gasteiger partial charge on any atom is -0.480 e. The first kappa shape index (κ1) is 16.2. The van der Waals surface area contributed by atoms with Gasteiger partial charge < -0.3 is 10.0 Å². The Morgan fingerprint density at radius 2 is 1.71 bits per heavy atom. The first-order valence-corrected chi connectivity index (χ1v) is 7.93. The summed E-state index contributed by atoms with van der Waals surface area (Å²) in [6.07, 6.45) is 1.64. The van der Waals surface area contributed by atoms with Gasteiger partial charge >= 0.3 is 5.97 Å². The van der Waals surface area contributed by atoms with Gasteiger partial charge in [-0.05, 0) is 38.3 Å². The van der Waals surface area contributed by atoms with Gasteiger partial charge in [-0.1, -0.05) is 12.1 Å². The standard InChI is InChI=1S/C17H18N2O5/c1-10(17(23)24)18-9-5-4-8-13(16(18)22)19-14(20)11-6-2-3-7-12(11)15(19)21/h2-3,6-7,10,13H,4-5,8-9H2,1H3,(H,23,24). The lowest BCUT2D eigenvalue weighted by Gasteiger charge is -2.31. The maximum Gasteiger partial charge on any atom is 0.326 e. The van der Waals surface area contributed by atoms with Crippen LogP contribution in [0.2, 0.25) is 0 Å². The minimum absolute atomic E-state index is 0.289. The largest absolute Gasteiger partial charge is 0.480 e. The third-order valence-electron chi connectivity index (χ3n) is 4.66. The molecule has 7 heteroatoms. The predicted molar refractivity (Wildman–Crippen MR) is 83.4 cm³/mol. The summed E-state index contributed by atoms with van der Waals surface area (Å²) in [6, 6.07) is 4.53. The van der Waals surface area contributed by atoms with Gasteiger partial charge in [-0.15, -0.1) is 0 Å². The number of likely N-dealkylation sites (tertiary alicyclic amines) is 1. The van der Waals surface area contributed by atoms with Crippen molar-refractivity contribution in [1.82, 2.24) is 9.80 Å². The van der Waals surface area contributed by atoms with Crippen LogP contribution in [0, 0.1) is 0 Å². The Balaban J connectivity index is 1.94. The van der Waals surface area contributed by atoms with Gasteiger partial charge in [0.1, 0.15) is 12.1 Å². The Kier molecular flexibility index (Phi) is 4.09. The number of carboxylic acid groups (broad SMARTS) is 1. The number of fused-ring (bicyclic) bond motifs is 1. The van der Waals surface area contributed by atoms with Crippen molar-refractivity contribution >= 4 is 23.7 Å². The van der Waals surface area contributed by atoms with Crippen molar-refractivity contribution in [2.24, 2.45) is 0 Å². The fourth-order valence-electron chi connectivity index (χ4n) is 3.29. The van der Waals surface area contributed by atoms with E-state index in [9.17, 15) is 24.3 Å². The summed E-state index contributed by atoms with van der Waals surface area (Å²) in [7, 11) is 0. The first-order chi connectivity index (χ1) is 11.4. The number of amides is 3. The van der Waals surface area contributed by atoms with E-state index < -0.39 is 35.8 Å². The molecule has 1 saturated heterocycles. The van der Waals surface area contributed by atoms with Crippen LogP contribution in [0.4, 0.5) is 0 Å². The van der Waals surface area contributed by atoms with Gasteiger partial charge in [0.15, 0.2) is 0 Å². The van der Waals surface area contributed by atoms with Gasteiger partial charge in [0, 0.05) is 6.54 Å². The van der Waals surface area contributed by atoms with Crippen LogP contribution in [0.3, 0.4) is 0 Å².